The fraction of sp³-hybridized carbons (Fsp3) is 0.118. The minimum Gasteiger partial charge on any atom is -0.418 e. The van der Waals surface area contributed by atoms with Crippen molar-refractivity contribution in [3.63, 3.8) is 0 Å². The van der Waals surface area contributed by atoms with Gasteiger partial charge in [-0.1, -0.05) is 54.6 Å². The van der Waals surface area contributed by atoms with E-state index < -0.39 is 0 Å². The molecule has 0 aromatic heterocycles. The lowest BCUT2D eigenvalue weighted by Crippen LogP contribution is -2.20. The molecular formula is C17H17NO2. The molecule has 0 aliphatic rings. The zero-order valence-corrected chi connectivity index (χ0v) is 11.6. The second-order valence-electron chi connectivity index (χ2n) is 4.57. The quantitative estimate of drug-likeness (QED) is 0.786. The third kappa shape index (κ3) is 3.72. The monoisotopic (exact) mass is 267 g/mol. The second-order valence-corrected chi connectivity index (χ2v) is 4.57. The topological polar surface area (TPSA) is 29.5 Å². The van der Waals surface area contributed by atoms with E-state index in [1.165, 1.54) is 16.7 Å². The van der Waals surface area contributed by atoms with Crippen LogP contribution in [0, 0.1) is 0 Å². The molecule has 3 heteroatoms. The lowest BCUT2D eigenvalue weighted by molar-refractivity contribution is 0.156. The van der Waals surface area contributed by atoms with Crippen LogP contribution in [0.2, 0.25) is 0 Å². The first-order chi connectivity index (χ1) is 9.66. The summed E-state index contributed by atoms with van der Waals surface area (Å²) in [6.07, 6.45) is 2.78. The third-order valence-corrected chi connectivity index (χ3v) is 2.81. The van der Waals surface area contributed by atoms with Gasteiger partial charge in [-0.2, -0.15) is 0 Å². The van der Waals surface area contributed by atoms with Gasteiger partial charge in [-0.25, -0.2) is 4.79 Å². The number of carbonyl (C=O) groups is 1. The van der Waals surface area contributed by atoms with Gasteiger partial charge < -0.3 is 9.64 Å². The molecule has 1 amide bonds. The summed E-state index contributed by atoms with van der Waals surface area (Å²) >= 11 is 0. The van der Waals surface area contributed by atoms with Gasteiger partial charge in [0.15, 0.2) is 0 Å². The first-order valence-corrected chi connectivity index (χ1v) is 6.37. The van der Waals surface area contributed by atoms with E-state index in [1.54, 1.807) is 20.2 Å². The van der Waals surface area contributed by atoms with Crippen LogP contribution in [0.3, 0.4) is 0 Å². The predicted molar refractivity (Wildman–Crippen MR) is 81.1 cm³/mol. The number of amides is 1. The van der Waals surface area contributed by atoms with E-state index >= 15 is 0 Å². The summed E-state index contributed by atoms with van der Waals surface area (Å²) in [5.74, 6) is 0. The van der Waals surface area contributed by atoms with E-state index in [1.807, 2.05) is 42.5 Å². The van der Waals surface area contributed by atoms with Crippen LogP contribution in [0.1, 0.15) is 5.56 Å². The molecule has 2 aromatic carbocycles. The molecule has 0 aliphatic carbocycles. The van der Waals surface area contributed by atoms with Crippen LogP contribution in [0.4, 0.5) is 4.79 Å². The minimum atomic E-state index is -0.387. The van der Waals surface area contributed by atoms with E-state index in [0.29, 0.717) is 0 Å². The van der Waals surface area contributed by atoms with E-state index in [0.717, 1.165) is 11.1 Å². The largest absolute Gasteiger partial charge is 0.418 e. The van der Waals surface area contributed by atoms with Crippen molar-refractivity contribution in [2.24, 2.45) is 0 Å². The molecule has 0 radical (unpaired) electrons. The first-order valence-electron chi connectivity index (χ1n) is 6.37. The van der Waals surface area contributed by atoms with Crippen LogP contribution in [0.15, 0.2) is 60.9 Å². The highest BCUT2D eigenvalue weighted by molar-refractivity contribution is 5.69. The average Bonchev–Trinajstić information content (AvgIpc) is 2.48. The van der Waals surface area contributed by atoms with Gasteiger partial charge in [-0.05, 0) is 22.8 Å². The van der Waals surface area contributed by atoms with Gasteiger partial charge in [0.2, 0.25) is 0 Å². The molecule has 102 valence electrons. The molecule has 0 bridgehead atoms. The molecule has 0 fully saturated rings. The summed E-state index contributed by atoms with van der Waals surface area (Å²) in [5.41, 5.74) is 3.33. The number of rotatable bonds is 3. The Bertz CT molecular complexity index is 586. The number of benzene rings is 2. The lowest BCUT2D eigenvalue weighted by Gasteiger charge is -2.07. The van der Waals surface area contributed by atoms with Gasteiger partial charge >= 0.3 is 6.09 Å². The first kappa shape index (κ1) is 13.9. The Balaban J connectivity index is 2.02. The van der Waals surface area contributed by atoms with Crippen molar-refractivity contribution >= 4 is 12.2 Å². The molecule has 0 aliphatic heterocycles. The minimum absolute atomic E-state index is 0.387. The molecular weight excluding hydrogens is 250 g/mol. The number of hydrogen-bond donors (Lipinski definition) is 0. The molecule has 2 rings (SSSR count). The van der Waals surface area contributed by atoms with Crippen molar-refractivity contribution in [1.82, 2.24) is 4.90 Å². The van der Waals surface area contributed by atoms with Crippen molar-refractivity contribution in [1.29, 1.82) is 0 Å². The van der Waals surface area contributed by atoms with Crippen LogP contribution in [-0.4, -0.2) is 25.1 Å². The van der Waals surface area contributed by atoms with Gasteiger partial charge in [0.25, 0.3) is 0 Å². The van der Waals surface area contributed by atoms with Crippen molar-refractivity contribution in [3.8, 4) is 11.1 Å². The van der Waals surface area contributed by atoms with Crippen molar-refractivity contribution in [2.75, 3.05) is 14.1 Å². The molecule has 0 unspecified atom stereocenters. The van der Waals surface area contributed by atoms with Crippen molar-refractivity contribution in [3.05, 3.63) is 66.4 Å². The fourth-order valence-electron chi connectivity index (χ4n) is 1.69. The number of nitrogens with zero attached hydrogens (tertiary/aromatic N) is 1. The van der Waals surface area contributed by atoms with Gasteiger partial charge in [0.05, 0.1) is 6.26 Å². The third-order valence-electron chi connectivity index (χ3n) is 2.81. The normalized spacial score (nSPS) is 10.5. The maximum absolute atomic E-state index is 11.2. The van der Waals surface area contributed by atoms with Crippen LogP contribution < -0.4 is 0 Å². The molecule has 0 saturated heterocycles. The zero-order valence-electron chi connectivity index (χ0n) is 11.6. The van der Waals surface area contributed by atoms with Gasteiger partial charge in [0, 0.05) is 14.1 Å². The maximum Gasteiger partial charge on any atom is 0.414 e. The lowest BCUT2D eigenvalue weighted by atomic mass is 10.0. The van der Waals surface area contributed by atoms with Crippen molar-refractivity contribution < 1.29 is 9.53 Å². The standard InChI is InChI=1S/C17H17NO2/c1-18(2)17(19)20-13-12-14-8-10-16(11-9-14)15-6-4-3-5-7-15/h3-13H,1-2H3. The number of hydrogen-bond acceptors (Lipinski definition) is 2. The molecule has 20 heavy (non-hydrogen) atoms. The molecule has 3 nitrogen and oxygen atoms in total. The van der Waals surface area contributed by atoms with Crippen LogP contribution >= 0.6 is 0 Å². The van der Waals surface area contributed by atoms with E-state index in [2.05, 4.69) is 12.1 Å². The Hall–Kier alpha value is -2.55. The Labute approximate surface area is 119 Å². The summed E-state index contributed by atoms with van der Waals surface area (Å²) in [5, 5.41) is 0. The van der Waals surface area contributed by atoms with Gasteiger partial charge in [-0.3, -0.25) is 0 Å². The second kappa shape index (κ2) is 6.57. The highest BCUT2D eigenvalue weighted by atomic mass is 16.5. The fourth-order valence-corrected chi connectivity index (χ4v) is 1.69. The molecule has 0 heterocycles. The zero-order chi connectivity index (χ0) is 14.4. The van der Waals surface area contributed by atoms with Gasteiger partial charge in [0.1, 0.15) is 0 Å². The Morgan fingerprint density at radius 1 is 0.950 bits per heavy atom. The Morgan fingerprint density at radius 3 is 2.15 bits per heavy atom. The summed E-state index contributed by atoms with van der Waals surface area (Å²) in [6, 6.07) is 18.2. The average molecular weight is 267 g/mol. The predicted octanol–water partition coefficient (Wildman–Crippen LogP) is 4.02. The van der Waals surface area contributed by atoms with E-state index in [4.69, 9.17) is 4.74 Å². The highest BCUT2D eigenvalue weighted by Gasteiger charge is 2.01. The van der Waals surface area contributed by atoms with Crippen molar-refractivity contribution in [2.45, 2.75) is 0 Å². The number of ether oxygens (including phenoxy) is 1. The highest BCUT2D eigenvalue weighted by Crippen LogP contribution is 2.19. The summed E-state index contributed by atoms with van der Waals surface area (Å²) < 4.78 is 4.93. The molecule has 0 atom stereocenters. The SMILES string of the molecule is CN(C)C(=O)OC=Cc1ccc(-c2ccccc2)cc1. The maximum atomic E-state index is 11.2. The Kier molecular flexibility index (Phi) is 4.56. The number of carbonyl (C=O) groups excluding carboxylic acids is 1. The summed E-state index contributed by atoms with van der Waals surface area (Å²) in [4.78, 5) is 12.6. The van der Waals surface area contributed by atoms with E-state index in [9.17, 15) is 4.79 Å². The van der Waals surface area contributed by atoms with E-state index in [-0.39, 0.29) is 6.09 Å². The summed E-state index contributed by atoms with van der Waals surface area (Å²) in [7, 11) is 3.29. The molecule has 0 saturated carbocycles. The smallest absolute Gasteiger partial charge is 0.414 e. The van der Waals surface area contributed by atoms with Crippen LogP contribution in [-0.2, 0) is 4.74 Å². The molecule has 0 spiro atoms. The van der Waals surface area contributed by atoms with Crippen LogP contribution in [0.25, 0.3) is 17.2 Å². The Morgan fingerprint density at radius 2 is 1.55 bits per heavy atom. The van der Waals surface area contributed by atoms with Crippen LogP contribution in [0.5, 0.6) is 0 Å². The van der Waals surface area contributed by atoms with Gasteiger partial charge in [-0.15, -0.1) is 0 Å². The molecule has 2 aromatic rings. The molecule has 0 N–H and O–H groups in total. The summed E-state index contributed by atoms with van der Waals surface area (Å²) in [6.45, 7) is 0.